The molecule has 1 saturated heterocycles. The summed E-state index contributed by atoms with van der Waals surface area (Å²) in [5.41, 5.74) is -0.232. The third-order valence-corrected chi connectivity index (χ3v) is 5.65. The molecule has 1 amide bonds. The average Bonchev–Trinajstić information content (AvgIpc) is 2.90. The molecule has 4 nitrogen and oxygen atoms in total. The largest absolute Gasteiger partial charge is 0.433 e. The molecule has 0 unspecified atom stereocenters. The van der Waals surface area contributed by atoms with Crippen molar-refractivity contribution in [2.75, 3.05) is 20.1 Å². The fourth-order valence-corrected chi connectivity index (χ4v) is 4.14. The van der Waals surface area contributed by atoms with Crippen molar-refractivity contribution in [3.63, 3.8) is 0 Å². The first kappa shape index (κ1) is 17.2. The third-order valence-electron chi connectivity index (χ3n) is 4.47. The maximum atomic E-state index is 12.8. The Labute approximate surface area is 141 Å². The van der Waals surface area contributed by atoms with Gasteiger partial charge in [-0.15, -0.1) is 11.3 Å². The molecule has 0 saturated carbocycles. The van der Waals surface area contributed by atoms with Crippen LogP contribution in [0.4, 0.5) is 13.2 Å². The van der Waals surface area contributed by atoms with Crippen molar-refractivity contribution < 1.29 is 18.0 Å². The molecule has 0 spiro atoms. The van der Waals surface area contributed by atoms with Gasteiger partial charge in [-0.1, -0.05) is 0 Å². The molecule has 2 aromatic rings. The quantitative estimate of drug-likeness (QED) is 0.895. The van der Waals surface area contributed by atoms with Gasteiger partial charge in [0.15, 0.2) is 0 Å². The van der Waals surface area contributed by atoms with E-state index >= 15 is 0 Å². The molecule has 0 bridgehead atoms. The summed E-state index contributed by atoms with van der Waals surface area (Å²) >= 11 is 1.04. The molecule has 8 heteroatoms. The molecule has 1 aliphatic rings. The highest BCUT2D eigenvalue weighted by molar-refractivity contribution is 7.20. The van der Waals surface area contributed by atoms with Crippen LogP contribution in [-0.4, -0.2) is 42.0 Å². The lowest BCUT2D eigenvalue weighted by atomic mass is 10.0. The summed E-state index contributed by atoms with van der Waals surface area (Å²) in [6.45, 7) is 3.49. The minimum absolute atomic E-state index is 0.143. The number of alkyl halides is 3. The zero-order valence-electron chi connectivity index (χ0n) is 13.4. The van der Waals surface area contributed by atoms with Crippen LogP contribution in [0.5, 0.6) is 0 Å². The number of rotatable bonds is 2. The molecule has 1 N–H and O–H groups in total. The number of hydrogen-bond donors (Lipinski definition) is 1. The minimum atomic E-state index is -4.48. The Kier molecular flexibility index (Phi) is 4.52. The van der Waals surface area contributed by atoms with Crippen molar-refractivity contribution in [2.45, 2.75) is 32.0 Å². The van der Waals surface area contributed by atoms with Crippen molar-refractivity contribution >= 4 is 27.5 Å². The third kappa shape index (κ3) is 3.12. The number of halogens is 3. The van der Waals surface area contributed by atoms with E-state index in [2.05, 4.69) is 10.3 Å². The van der Waals surface area contributed by atoms with E-state index in [1.807, 2.05) is 0 Å². The number of aryl methyl sites for hydroxylation is 1. The second kappa shape index (κ2) is 6.33. The number of aromatic nitrogens is 1. The smallest absolute Gasteiger partial charge is 0.338 e. The summed E-state index contributed by atoms with van der Waals surface area (Å²) in [5.74, 6) is -0.143. The minimum Gasteiger partial charge on any atom is -0.338 e. The van der Waals surface area contributed by atoms with Gasteiger partial charge < -0.3 is 10.2 Å². The summed E-state index contributed by atoms with van der Waals surface area (Å²) in [6, 6.07) is 2.52. The maximum Gasteiger partial charge on any atom is 0.433 e. The van der Waals surface area contributed by atoms with Gasteiger partial charge in [-0.3, -0.25) is 4.79 Å². The summed E-state index contributed by atoms with van der Waals surface area (Å²) in [5, 5.41) is 3.86. The van der Waals surface area contributed by atoms with Crippen LogP contribution in [0.25, 0.3) is 10.2 Å². The molecule has 3 heterocycles. The molecule has 24 heavy (non-hydrogen) atoms. The van der Waals surface area contributed by atoms with Crippen molar-refractivity contribution in [3.05, 3.63) is 28.3 Å². The van der Waals surface area contributed by atoms with Crippen molar-refractivity contribution in [2.24, 2.45) is 0 Å². The average molecular weight is 357 g/mol. The molecule has 1 fully saturated rings. The second-order valence-corrected chi connectivity index (χ2v) is 7.00. The molecule has 0 aromatic carbocycles. The molecule has 3 rings (SSSR count). The number of nitrogens with one attached hydrogen (secondary N) is 1. The number of amides is 1. The SMILES string of the molecule is Cc1c(C(=O)N(C)C2CCNCC2)sc2nc(C(F)(F)F)ccc12. The Morgan fingerprint density at radius 1 is 1.33 bits per heavy atom. The predicted octanol–water partition coefficient (Wildman–Crippen LogP) is 3.45. The molecular weight excluding hydrogens is 339 g/mol. The van der Waals surface area contributed by atoms with Crippen LogP contribution >= 0.6 is 11.3 Å². The van der Waals surface area contributed by atoms with Gasteiger partial charge in [0.1, 0.15) is 10.5 Å². The first-order valence-corrected chi connectivity index (χ1v) is 8.56. The first-order chi connectivity index (χ1) is 11.3. The van der Waals surface area contributed by atoms with E-state index in [1.54, 1.807) is 18.9 Å². The van der Waals surface area contributed by atoms with Gasteiger partial charge in [-0.25, -0.2) is 4.98 Å². The lowest BCUT2D eigenvalue weighted by Gasteiger charge is -2.31. The fourth-order valence-electron chi connectivity index (χ4n) is 2.98. The number of piperidine rings is 1. The van der Waals surface area contributed by atoms with E-state index in [-0.39, 0.29) is 16.8 Å². The lowest BCUT2D eigenvalue weighted by molar-refractivity contribution is -0.140. The van der Waals surface area contributed by atoms with E-state index < -0.39 is 11.9 Å². The van der Waals surface area contributed by atoms with Crippen LogP contribution in [0.2, 0.25) is 0 Å². The van der Waals surface area contributed by atoms with Gasteiger partial charge in [0, 0.05) is 18.5 Å². The number of hydrogen-bond acceptors (Lipinski definition) is 4. The molecule has 0 aliphatic carbocycles. The number of fused-ring (bicyclic) bond motifs is 1. The van der Waals surface area contributed by atoms with E-state index in [1.165, 1.54) is 6.07 Å². The zero-order valence-corrected chi connectivity index (χ0v) is 14.2. The molecule has 2 aromatic heterocycles. The summed E-state index contributed by atoms with van der Waals surface area (Å²) in [6.07, 6.45) is -2.73. The van der Waals surface area contributed by atoms with Crippen molar-refractivity contribution in [1.82, 2.24) is 15.2 Å². The number of nitrogens with zero attached hydrogens (tertiary/aromatic N) is 2. The van der Waals surface area contributed by atoms with Gasteiger partial charge in [-0.2, -0.15) is 13.2 Å². The summed E-state index contributed by atoms with van der Waals surface area (Å²) in [7, 11) is 1.76. The van der Waals surface area contributed by atoms with Crippen LogP contribution in [-0.2, 0) is 6.18 Å². The van der Waals surface area contributed by atoms with Crippen LogP contribution in [0, 0.1) is 6.92 Å². The molecular formula is C16H18F3N3OS. The topological polar surface area (TPSA) is 45.2 Å². The van der Waals surface area contributed by atoms with E-state index in [4.69, 9.17) is 0 Å². The highest BCUT2D eigenvalue weighted by atomic mass is 32.1. The Hall–Kier alpha value is -1.67. The van der Waals surface area contributed by atoms with Gasteiger partial charge in [0.2, 0.25) is 0 Å². The van der Waals surface area contributed by atoms with Crippen molar-refractivity contribution in [1.29, 1.82) is 0 Å². The zero-order chi connectivity index (χ0) is 17.5. The van der Waals surface area contributed by atoms with E-state index in [0.717, 1.165) is 43.3 Å². The Balaban J connectivity index is 1.94. The van der Waals surface area contributed by atoms with Crippen LogP contribution in [0.1, 0.15) is 33.8 Å². The highest BCUT2D eigenvalue weighted by Crippen LogP contribution is 2.35. The van der Waals surface area contributed by atoms with E-state index in [0.29, 0.717) is 15.8 Å². The molecule has 130 valence electrons. The van der Waals surface area contributed by atoms with Crippen LogP contribution in [0.15, 0.2) is 12.1 Å². The second-order valence-electron chi connectivity index (χ2n) is 6.00. The van der Waals surface area contributed by atoms with Gasteiger partial charge >= 0.3 is 6.18 Å². The number of thiophene rings is 1. The number of pyridine rings is 1. The summed E-state index contributed by atoms with van der Waals surface area (Å²) < 4.78 is 38.4. The molecule has 1 aliphatic heterocycles. The monoisotopic (exact) mass is 357 g/mol. The molecule has 0 radical (unpaired) electrons. The van der Waals surface area contributed by atoms with E-state index in [9.17, 15) is 18.0 Å². The van der Waals surface area contributed by atoms with Gasteiger partial charge in [0.05, 0.1) is 4.88 Å². The predicted molar refractivity (Wildman–Crippen MR) is 87.3 cm³/mol. The van der Waals surface area contributed by atoms with Gasteiger partial charge in [0.25, 0.3) is 5.91 Å². The standard InChI is InChI=1S/C16H18F3N3OS/c1-9-11-3-4-12(16(17,18)19)21-14(11)24-13(9)15(23)22(2)10-5-7-20-8-6-10/h3-4,10,20H,5-8H2,1-2H3. The lowest BCUT2D eigenvalue weighted by Crippen LogP contribution is -2.43. The Morgan fingerprint density at radius 2 is 2.00 bits per heavy atom. The number of carbonyl (C=O) groups is 1. The number of carbonyl (C=O) groups excluding carboxylic acids is 1. The first-order valence-electron chi connectivity index (χ1n) is 7.74. The summed E-state index contributed by atoms with van der Waals surface area (Å²) in [4.78, 5) is 18.9. The molecule has 0 atom stereocenters. The maximum absolute atomic E-state index is 12.8. The van der Waals surface area contributed by atoms with Crippen LogP contribution < -0.4 is 5.32 Å². The van der Waals surface area contributed by atoms with Crippen molar-refractivity contribution in [3.8, 4) is 0 Å². The highest BCUT2D eigenvalue weighted by Gasteiger charge is 2.33. The van der Waals surface area contributed by atoms with Gasteiger partial charge in [-0.05, 0) is 50.6 Å². The van der Waals surface area contributed by atoms with Crippen LogP contribution in [0.3, 0.4) is 0 Å². The fraction of sp³-hybridized carbons (Fsp3) is 0.500. The normalized spacial score (nSPS) is 16.5. The Morgan fingerprint density at radius 3 is 2.62 bits per heavy atom. The Bertz CT molecular complexity index is 766.